The predicted octanol–water partition coefficient (Wildman–Crippen LogP) is 2.34. The van der Waals surface area contributed by atoms with E-state index in [1.54, 1.807) is 18.3 Å². The topological polar surface area (TPSA) is 80.7 Å². The van der Waals surface area contributed by atoms with Gasteiger partial charge >= 0.3 is 0 Å². The van der Waals surface area contributed by atoms with Gasteiger partial charge in [0.05, 0.1) is 0 Å². The molecule has 6 nitrogen and oxygen atoms in total. The number of pyridine rings is 1. The van der Waals surface area contributed by atoms with Crippen molar-refractivity contribution in [3.8, 4) is 11.1 Å². The van der Waals surface area contributed by atoms with Crippen molar-refractivity contribution in [2.24, 2.45) is 5.73 Å². The fourth-order valence-corrected chi connectivity index (χ4v) is 3.17. The van der Waals surface area contributed by atoms with Gasteiger partial charge in [-0.05, 0) is 48.2 Å². The summed E-state index contributed by atoms with van der Waals surface area (Å²) in [5.74, 6) is -0.449. The minimum atomic E-state index is -0.443. The summed E-state index contributed by atoms with van der Waals surface area (Å²) in [5, 5.41) is 0. The number of nitrogens with zero attached hydrogens (tertiary/aromatic N) is 3. The van der Waals surface area contributed by atoms with Crippen molar-refractivity contribution in [3.05, 3.63) is 60.0 Å². The number of hydrogen-bond donors (Lipinski definition) is 1. The summed E-state index contributed by atoms with van der Waals surface area (Å²) < 4.78 is 1.86. The number of rotatable bonds is 3. The molecule has 1 aromatic carbocycles. The molecule has 0 atom stereocenters. The summed E-state index contributed by atoms with van der Waals surface area (Å²) in [6.07, 6.45) is 5.83. The Bertz CT molecular complexity index is 953. The molecule has 4 rings (SSSR count). The number of benzene rings is 1. The smallest absolute Gasteiger partial charge is 0.274 e. The molecule has 1 saturated heterocycles. The van der Waals surface area contributed by atoms with E-state index in [1.807, 2.05) is 39.8 Å². The molecule has 1 fully saturated rings. The number of imidazole rings is 1. The molecule has 0 spiro atoms. The molecule has 1 aliphatic rings. The average Bonchev–Trinajstić information content (AvgIpc) is 3.30. The van der Waals surface area contributed by atoms with E-state index in [-0.39, 0.29) is 5.91 Å². The fraction of sp³-hybridized carbons (Fsp3) is 0.211. The summed E-state index contributed by atoms with van der Waals surface area (Å²) in [4.78, 5) is 29.9. The van der Waals surface area contributed by atoms with E-state index in [4.69, 9.17) is 5.73 Å². The molecular weight excluding hydrogens is 316 g/mol. The zero-order valence-corrected chi connectivity index (χ0v) is 13.7. The highest BCUT2D eigenvalue weighted by Crippen LogP contribution is 2.21. The van der Waals surface area contributed by atoms with E-state index in [2.05, 4.69) is 4.98 Å². The van der Waals surface area contributed by atoms with Crippen LogP contribution in [0.5, 0.6) is 0 Å². The molecule has 6 heteroatoms. The molecule has 3 heterocycles. The van der Waals surface area contributed by atoms with Crippen LogP contribution < -0.4 is 5.73 Å². The molecule has 0 aliphatic carbocycles. The SMILES string of the molecule is NC(=O)c1ccc(-c2ccc3nc(C(=O)N4CCCC4)cn3c2)cc1. The second kappa shape index (κ2) is 6.05. The number of hydrogen-bond acceptors (Lipinski definition) is 3. The van der Waals surface area contributed by atoms with Gasteiger partial charge in [-0.15, -0.1) is 0 Å². The molecule has 1 aliphatic heterocycles. The van der Waals surface area contributed by atoms with Gasteiger partial charge in [-0.1, -0.05) is 12.1 Å². The van der Waals surface area contributed by atoms with Gasteiger partial charge < -0.3 is 15.0 Å². The number of amides is 2. The van der Waals surface area contributed by atoms with E-state index in [0.717, 1.165) is 42.7 Å². The lowest BCUT2D eigenvalue weighted by Crippen LogP contribution is -2.27. The Morgan fingerprint density at radius 2 is 1.60 bits per heavy atom. The van der Waals surface area contributed by atoms with E-state index in [1.165, 1.54) is 0 Å². The first kappa shape index (κ1) is 15.4. The predicted molar refractivity (Wildman–Crippen MR) is 94.3 cm³/mol. The Labute approximate surface area is 144 Å². The first-order valence-corrected chi connectivity index (χ1v) is 8.30. The maximum atomic E-state index is 12.5. The highest BCUT2D eigenvalue weighted by atomic mass is 16.2. The van der Waals surface area contributed by atoms with E-state index >= 15 is 0 Å². The van der Waals surface area contributed by atoms with Crippen molar-refractivity contribution >= 4 is 17.5 Å². The third-order valence-electron chi connectivity index (χ3n) is 4.57. The van der Waals surface area contributed by atoms with Crippen molar-refractivity contribution in [1.82, 2.24) is 14.3 Å². The fourth-order valence-electron chi connectivity index (χ4n) is 3.17. The number of aromatic nitrogens is 2. The molecule has 2 amide bonds. The Morgan fingerprint density at radius 1 is 0.920 bits per heavy atom. The Kier molecular flexibility index (Phi) is 3.72. The zero-order chi connectivity index (χ0) is 17.4. The summed E-state index contributed by atoms with van der Waals surface area (Å²) in [5.41, 5.74) is 8.90. The molecular formula is C19H18N4O2. The highest BCUT2D eigenvalue weighted by molar-refractivity contribution is 5.94. The molecule has 0 unspecified atom stereocenters. The second-order valence-corrected chi connectivity index (χ2v) is 6.25. The Balaban J connectivity index is 1.65. The van der Waals surface area contributed by atoms with Gasteiger partial charge in [0.15, 0.2) is 0 Å². The number of carbonyl (C=O) groups is 2. The normalized spacial score (nSPS) is 14.2. The van der Waals surface area contributed by atoms with Crippen molar-refractivity contribution in [2.75, 3.05) is 13.1 Å². The van der Waals surface area contributed by atoms with Crippen LogP contribution in [0.15, 0.2) is 48.8 Å². The van der Waals surface area contributed by atoms with Gasteiger partial charge in [0.1, 0.15) is 11.3 Å². The summed E-state index contributed by atoms with van der Waals surface area (Å²) in [6, 6.07) is 11.0. The van der Waals surface area contributed by atoms with Crippen LogP contribution in [0, 0.1) is 0 Å². The Morgan fingerprint density at radius 3 is 2.28 bits per heavy atom. The molecule has 0 saturated carbocycles. The van der Waals surface area contributed by atoms with Crippen LogP contribution in [0.2, 0.25) is 0 Å². The van der Waals surface area contributed by atoms with Gasteiger partial charge in [0.2, 0.25) is 5.91 Å². The molecule has 0 bridgehead atoms. The molecule has 0 radical (unpaired) electrons. The minimum Gasteiger partial charge on any atom is -0.366 e. The number of carbonyl (C=O) groups excluding carboxylic acids is 2. The van der Waals surface area contributed by atoms with Crippen LogP contribution in [0.3, 0.4) is 0 Å². The largest absolute Gasteiger partial charge is 0.366 e. The summed E-state index contributed by atoms with van der Waals surface area (Å²) >= 11 is 0. The third-order valence-corrected chi connectivity index (χ3v) is 4.57. The van der Waals surface area contributed by atoms with Gasteiger partial charge in [-0.3, -0.25) is 9.59 Å². The maximum absolute atomic E-state index is 12.5. The van der Waals surface area contributed by atoms with E-state index in [9.17, 15) is 9.59 Å². The van der Waals surface area contributed by atoms with Crippen molar-refractivity contribution < 1.29 is 9.59 Å². The maximum Gasteiger partial charge on any atom is 0.274 e. The molecule has 25 heavy (non-hydrogen) atoms. The van der Waals surface area contributed by atoms with Crippen LogP contribution in [0.4, 0.5) is 0 Å². The first-order chi connectivity index (χ1) is 12.1. The minimum absolute atomic E-state index is 0.00596. The van der Waals surface area contributed by atoms with Crippen LogP contribution in [0.1, 0.15) is 33.7 Å². The standard InChI is InChI=1S/C19H18N4O2/c20-18(24)14-5-3-13(4-6-14)15-7-8-17-21-16(12-23(17)11-15)19(25)22-9-1-2-10-22/h3-8,11-12H,1-2,9-10H2,(H2,20,24). The van der Waals surface area contributed by atoms with Crippen molar-refractivity contribution in [2.45, 2.75) is 12.8 Å². The Hall–Kier alpha value is -3.15. The summed E-state index contributed by atoms with van der Waals surface area (Å²) in [7, 11) is 0. The van der Waals surface area contributed by atoms with Crippen molar-refractivity contribution in [3.63, 3.8) is 0 Å². The number of nitrogens with two attached hydrogens (primary N) is 1. The van der Waals surface area contributed by atoms with Gasteiger partial charge in [0.25, 0.3) is 5.91 Å². The van der Waals surface area contributed by atoms with Gasteiger partial charge in [-0.2, -0.15) is 0 Å². The zero-order valence-electron chi connectivity index (χ0n) is 13.7. The van der Waals surface area contributed by atoms with Crippen LogP contribution in [-0.4, -0.2) is 39.2 Å². The molecule has 126 valence electrons. The lowest BCUT2D eigenvalue weighted by Gasteiger charge is -2.12. The second-order valence-electron chi connectivity index (χ2n) is 6.25. The highest BCUT2D eigenvalue weighted by Gasteiger charge is 2.21. The van der Waals surface area contributed by atoms with Crippen LogP contribution in [0.25, 0.3) is 16.8 Å². The van der Waals surface area contributed by atoms with Gasteiger partial charge in [0, 0.05) is 31.0 Å². The number of fused-ring (bicyclic) bond motifs is 1. The molecule has 2 aromatic heterocycles. The number of likely N-dealkylation sites (tertiary alicyclic amines) is 1. The number of primary amides is 1. The van der Waals surface area contributed by atoms with Crippen LogP contribution >= 0.6 is 0 Å². The van der Waals surface area contributed by atoms with Gasteiger partial charge in [-0.25, -0.2) is 4.98 Å². The summed E-state index contributed by atoms with van der Waals surface area (Å²) in [6.45, 7) is 1.62. The molecule has 3 aromatic rings. The first-order valence-electron chi connectivity index (χ1n) is 8.30. The van der Waals surface area contributed by atoms with E-state index in [0.29, 0.717) is 11.3 Å². The lowest BCUT2D eigenvalue weighted by atomic mass is 10.1. The lowest BCUT2D eigenvalue weighted by molar-refractivity contribution is 0.0787. The van der Waals surface area contributed by atoms with Crippen molar-refractivity contribution in [1.29, 1.82) is 0 Å². The quantitative estimate of drug-likeness (QED) is 0.798. The van der Waals surface area contributed by atoms with Crippen LogP contribution in [-0.2, 0) is 0 Å². The van der Waals surface area contributed by atoms with E-state index < -0.39 is 5.91 Å². The third kappa shape index (κ3) is 2.87. The average molecular weight is 334 g/mol. The monoisotopic (exact) mass is 334 g/mol. The molecule has 2 N–H and O–H groups in total.